The van der Waals surface area contributed by atoms with Crippen molar-refractivity contribution in [2.75, 3.05) is 12.4 Å². The Morgan fingerprint density at radius 2 is 1.97 bits per heavy atom. The van der Waals surface area contributed by atoms with Crippen LogP contribution in [0.25, 0.3) is 22.9 Å². The van der Waals surface area contributed by atoms with Crippen molar-refractivity contribution in [1.82, 2.24) is 24.8 Å². The van der Waals surface area contributed by atoms with Crippen LogP contribution in [0.5, 0.6) is 11.5 Å². The number of oxazole rings is 1. The number of fused-ring (bicyclic) bond motifs is 1. The predicted octanol–water partition coefficient (Wildman–Crippen LogP) is 5.60. The number of amides is 1. The fourth-order valence-electron chi connectivity index (χ4n) is 3.46. The summed E-state index contributed by atoms with van der Waals surface area (Å²) in [6, 6.07) is 14.3. The number of imidazole rings is 1. The fraction of sp³-hybridized carbons (Fsp3) is 0.0400. The van der Waals surface area contributed by atoms with Crippen molar-refractivity contribution < 1.29 is 13.9 Å². The molecule has 10 heteroatoms. The van der Waals surface area contributed by atoms with Gasteiger partial charge >= 0.3 is 0 Å². The molecule has 5 aromatic rings. The molecule has 0 radical (unpaired) electrons. The summed E-state index contributed by atoms with van der Waals surface area (Å²) < 4.78 is 13.6. The Bertz CT molecular complexity index is 1560. The van der Waals surface area contributed by atoms with Gasteiger partial charge in [0.25, 0.3) is 11.9 Å². The molecular formula is C25H19ClN6O3. The summed E-state index contributed by atoms with van der Waals surface area (Å²) in [7, 11) is 1.54. The molecule has 35 heavy (non-hydrogen) atoms. The van der Waals surface area contributed by atoms with E-state index in [0.717, 1.165) is 11.4 Å². The van der Waals surface area contributed by atoms with Crippen LogP contribution in [0.2, 0.25) is 5.02 Å². The minimum absolute atomic E-state index is 0.261. The summed E-state index contributed by atoms with van der Waals surface area (Å²) in [4.78, 5) is 24.6. The van der Waals surface area contributed by atoms with E-state index in [2.05, 4.69) is 32.2 Å². The minimum Gasteiger partial charge on any atom is -0.457 e. The van der Waals surface area contributed by atoms with Crippen LogP contribution in [0.4, 0.5) is 11.7 Å². The van der Waals surface area contributed by atoms with Gasteiger partial charge in [-0.2, -0.15) is 4.98 Å². The third-order valence-corrected chi connectivity index (χ3v) is 5.41. The van der Waals surface area contributed by atoms with Crippen LogP contribution >= 0.6 is 11.6 Å². The highest BCUT2D eigenvalue weighted by Crippen LogP contribution is 2.30. The highest BCUT2D eigenvalue weighted by atomic mass is 35.5. The SMILES string of the molecule is C=Cc1nccn1-c1cc(Nc2nc3cc(Oc4ccnc(C(=O)NC)c4)ccc3o2)ccc1Cl. The number of nitrogens with one attached hydrogen (secondary N) is 2. The standard InChI is InChI=1S/C25H19ClN6O3/c1-3-23-29-10-11-32(23)21-12-15(4-6-18(21)26)30-25-31-19-13-16(5-7-22(19)35-25)34-17-8-9-28-20(14-17)24(33)27-2/h3-14H,1H2,2H3,(H,27,33)(H,30,31). The number of anilines is 2. The van der Waals surface area contributed by atoms with E-state index in [4.69, 9.17) is 20.8 Å². The lowest BCUT2D eigenvalue weighted by Gasteiger charge is -2.10. The van der Waals surface area contributed by atoms with Crippen LogP contribution in [0.1, 0.15) is 16.3 Å². The second-order valence-corrected chi connectivity index (χ2v) is 7.76. The molecule has 0 saturated heterocycles. The maximum absolute atomic E-state index is 11.8. The lowest BCUT2D eigenvalue weighted by atomic mass is 10.2. The average Bonchev–Trinajstić information content (AvgIpc) is 3.51. The second-order valence-electron chi connectivity index (χ2n) is 7.36. The first-order valence-corrected chi connectivity index (χ1v) is 10.9. The third kappa shape index (κ3) is 4.57. The van der Waals surface area contributed by atoms with E-state index in [1.165, 1.54) is 6.20 Å². The Balaban J connectivity index is 1.38. The lowest BCUT2D eigenvalue weighted by Crippen LogP contribution is -2.18. The summed E-state index contributed by atoms with van der Waals surface area (Å²) >= 11 is 6.41. The number of rotatable bonds is 7. The summed E-state index contributed by atoms with van der Waals surface area (Å²) in [6.45, 7) is 3.78. The van der Waals surface area contributed by atoms with Gasteiger partial charge in [-0.15, -0.1) is 0 Å². The highest BCUT2D eigenvalue weighted by molar-refractivity contribution is 6.32. The Kier molecular flexibility index (Phi) is 5.90. The molecule has 0 unspecified atom stereocenters. The third-order valence-electron chi connectivity index (χ3n) is 5.09. The predicted molar refractivity (Wildman–Crippen MR) is 134 cm³/mol. The topological polar surface area (TPSA) is 107 Å². The van der Waals surface area contributed by atoms with Crippen LogP contribution in [-0.4, -0.2) is 32.5 Å². The number of pyridine rings is 1. The van der Waals surface area contributed by atoms with Gasteiger partial charge in [-0.05, 0) is 42.5 Å². The quantitative estimate of drug-likeness (QED) is 0.308. The number of aromatic nitrogens is 4. The van der Waals surface area contributed by atoms with Gasteiger partial charge in [-0.25, -0.2) is 4.98 Å². The molecule has 174 valence electrons. The number of hydrogen-bond acceptors (Lipinski definition) is 7. The smallest absolute Gasteiger partial charge is 0.300 e. The zero-order chi connectivity index (χ0) is 24.4. The first-order valence-electron chi connectivity index (χ1n) is 10.5. The van der Waals surface area contributed by atoms with E-state index in [-0.39, 0.29) is 11.6 Å². The average molecular weight is 487 g/mol. The largest absolute Gasteiger partial charge is 0.457 e. The molecule has 0 aliphatic heterocycles. The van der Waals surface area contributed by atoms with Crippen LogP contribution in [0, 0.1) is 0 Å². The van der Waals surface area contributed by atoms with Gasteiger partial charge in [-0.1, -0.05) is 18.2 Å². The molecule has 0 spiro atoms. The van der Waals surface area contributed by atoms with E-state index >= 15 is 0 Å². The van der Waals surface area contributed by atoms with Crippen molar-refractivity contribution in [2.24, 2.45) is 0 Å². The number of carbonyl (C=O) groups excluding carboxylic acids is 1. The van der Waals surface area contributed by atoms with E-state index in [1.54, 1.807) is 55.7 Å². The number of ether oxygens (including phenoxy) is 1. The molecule has 0 bridgehead atoms. The van der Waals surface area contributed by atoms with Crippen LogP contribution in [0.15, 0.2) is 78.1 Å². The number of nitrogens with zero attached hydrogens (tertiary/aromatic N) is 4. The molecular weight excluding hydrogens is 468 g/mol. The molecule has 0 fully saturated rings. The molecule has 5 rings (SSSR count). The summed E-state index contributed by atoms with van der Waals surface area (Å²) in [5, 5.41) is 6.26. The maximum atomic E-state index is 11.8. The van der Waals surface area contributed by atoms with Crippen molar-refractivity contribution in [3.63, 3.8) is 0 Å². The van der Waals surface area contributed by atoms with Gasteiger partial charge < -0.3 is 19.8 Å². The lowest BCUT2D eigenvalue weighted by molar-refractivity contribution is 0.0958. The second kappa shape index (κ2) is 9.32. The van der Waals surface area contributed by atoms with Crippen LogP contribution < -0.4 is 15.4 Å². The van der Waals surface area contributed by atoms with Crippen LogP contribution in [0.3, 0.4) is 0 Å². The zero-order valence-electron chi connectivity index (χ0n) is 18.5. The van der Waals surface area contributed by atoms with Crippen LogP contribution in [-0.2, 0) is 0 Å². The van der Waals surface area contributed by atoms with Crippen molar-refractivity contribution in [3.05, 3.63) is 90.2 Å². The van der Waals surface area contributed by atoms with Gasteiger partial charge in [-0.3, -0.25) is 14.3 Å². The molecule has 1 amide bonds. The molecule has 0 atom stereocenters. The van der Waals surface area contributed by atoms with E-state index in [1.807, 2.05) is 22.9 Å². The highest BCUT2D eigenvalue weighted by Gasteiger charge is 2.12. The Morgan fingerprint density at radius 1 is 1.11 bits per heavy atom. The zero-order valence-corrected chi connectivity index (χ0v) is 19.3. The van der Waals surface area contributed by atoms with Gasteiger partial charge in [0.1, 0.15) is 28.5 Å². The first-order chi connectivity index (χ1) is 17.0. The van der Waals surface area contributed by atoms with Crippen molar-refractivity contribution in [1.29, 1.82) is 0 Å². The molecule has 0 saturated carbocycles. The van der Waals surface area contributed by atoms with Gasteiger partial charge in [0, 0.05) is 43.5 Å². The van der Waals surface area contributed by atoms with E-state index in [9.17, 15) is 4.79 Å². The molecule has 9 nitrogen and oxygen atoms in total. The molecule has 0 aliphatic carbocycles. The summed E-state index contributed by atoms with van der Waals surface area (Å²) in [5.41, 5.74) is 2.91. The molecule has 2 N–H and O–H groups in total. The number of benzene rings is 2. The Morgan fingerprint density at radius 3 is 2.80 bits per heavy atom. The monoisotopic (exact) mass is 486 g/mol. The van der Waals surface area contributed by atoms with Crippen molar-refractivity contribution >= 4 is 46.4 Å². The van der Waals surface area contributed by atoms with Gasteiger partial charge in [0.2, 0.25) is 0 Å². The normalized spacial score (nSPS) is 10.8. The van der Waals surface area contributed by atoms with E-state index in [0.29, 0.717) is 39.5 Å². The van der Waals surface area contributed by atoms with Gasteiger partial charge in [0.05, 0.1) is 10.7 Å². The minimum atomic E-state index is -0.294. The van der Waals surface area contributed by atoms with Gasteiger partial charge in [0.15, 0.2) is 5.58 Å². The van der Waals surface area contributed by atoms with Crippen molar-refractivity contribution in [3.8, 4) is 17.2 Å². The summed E-state index contributed by atoms with van der Waals surface area (Å²) in [6.07, 6.45) is 6.66. The molecule has 0 aliphatic rings. The molecule has 3 aromatic heterocycles. The maximum Gasteiger partial charge on any atom is 0.300 e. The first kappa shape index (κ1) is 22.2. The Hall–Kier alpha value is -4.63. The fourth-order valence-corrected chi connectivity index (χ4v) is 3.66. The Labute approximate surface area is 205 Å². The van der Waals surface area contributed by atoms with E-state index < -0.39 is 0 Å². The summed E-state index contributed by atoms with van der Waals surface area (Å²) in [5.74, 6) is 1.40. The number of carbonyl (C=O) groups is 1. The molecule has 2 aromatic carbocycles. The molecule has 3 heterocycles. The number of halogens is 1. The van der Waals surface area contributed by atoms with Crippen molar-refractivity contribution in [2.45, 2.75) is 0 Å². The number of hydrogen-bond donors (Lipinski definition) is 2.